The summed E-state index contributed by atoms with van der Waals surface area (Å²) >= 11 is 0. The summed E-state index contributed by atoms with van der Waals surface area (Å²) in [6, 6.07) is -2.32. The van der Waals surface area contributed by atoms with Crippen LogP contribution in [-0.4, -0.2) is 45.8 Å². The van der Waals surface area contributed by atoms with Crippen molar-refractivity contribution in [3.8, 4) is 0 Å². The summed E-state index contributed by atoms with van der Waals surface area (Å²) in [7, 11) is 0. The second-order valence-corrected chi connectivity index (χ2v) is 4.83. The maximum atomic E-state index is 11.8. The standard InChI is InChI=1S/C13H19N4O4/c1-3-7(2)6-8(11(12(20)21)16-13(14)15)17-9(18)4-5-10(17)19/h4-5,7-8,11H,2-3,6H2,1H3,(H,20,21)(H4,14,15,16). The number of rotatable bonds is 7. The minimum atomic E-state index is -1.36. The van der Waals surface area contributed by atoms with Crippen molar-refractivity contribution in [1.29, 1.82) is 5.41 Å². The van der Waals surface area contributed by atoms with E-state index < -0.39 is 35.8 Å². The van der Waals surface area contributed by atoms with E-state index in [1.54, 1.807) is 0 Å². The molecule has 5 N–H and O–H groups in total. The fourth-order valence-corrected chi connectivity index (χ4v) is 2.13. The van der Waals surface area contributed by atoms with E-state index in [0.717, 1.165) is 17.1 Å². The first-order chi connectivity index (χ1) is 9.77. The van der Waals surface area contributed by atoms with Crippen LogP contribution in [0.3, 0.4) is 0 Å². The van der Waals surface area contributed by atoms with Crippen molar-refractivity contribution in [2.75, 3.05) is 0 Å². The van der Waals surface area contributed by atoms with Crippen LogP contribution in [0.1, 0.15) is 19.8 Å². The van der Waals surface area contributed by atoms with E-state index >= 15 is 0 Å². The summed E-state index contributed by atoms with van der Waals surface area (Å²) in [4.78, 5) is 35.9. The van der Waals surface area contributed by atoms with E-state index in [0.29, 0.717) is 6.42 Å². The SMILES string of the molecule is [CH2]C(CC)CC(C(NC(=N)N)C(=O)O)N1C(=O)C=CC1=O. The first-order valence-corrected chi connectivity index (χ1v) is 6.49. The Bertz CT molecular complexity index is 471. The van der Waals surface area contributed by atoms with Gasteiger partial charge < -0.3 is 16.2 Å². The van der Waals surface area contributed by atoms with E-state index in [2.05, 4.69) is 12.2 Å². The third-order valence-electron chi connectivity index (χ3n) is 3.29. The predicted molar refractivity (Wildman–Crippen MR) is 75.0 cm³/mol. The number of hydrogen-bond donors (Lipinski definition) is 4. The third kappa shape index (κ3) is 4.04. The molecule has 0 saturated heterocycles. The zero-order valence-electron chi connectivity index (χ0n) is 11.7. The Morgan fingerprint density at radius 1 is 1.48 bits per heavy atom. The van der Waals surface area contributed by atoms with Gasteiger partial charge in [0, 0.05) is 12.2 Å². The number of nitrogens with zero attached hydrogens (tertiary/aromatic N) is 1. The Balaban J connectivity index is 3.10. The van der Waals surface area contributed by atoms with Gasteiger partial charge in [0.25, 0.3) is 11.8 Å². The van der Waals surface area contributed by atoms with Crippen LogP contribution >= 0.6 is 0 Å². The average Bonchev–Trinajstić information content (AvgIpc) is 2.72. The molecule has 0 aromatic rings. The zero-order chi connectivity index (χ0) is 16.2. The number of carbonyl (C=O) groups excluding carboxylic acids is 2. The maximum absolute atomic E-state index is 11.8. The highest BCUT2D eigenvalue weighted by Crippen LogP contribution is 2.21. The lowest BCUT2D eigenvalue weighted by atomic mass is 9.93. The van der Waals surface area contributed by atoms with Gasteiger partial charge in [-0.1, -0.05) is 20.3 Å². The van der Waals surface area contributed by atoms with Crippen LogP contribution < -0.4 is 11.1 Å². The molecular weight excluding hydrogens is 276 g/mol. The average molecular weight is 295 g/mol. The molecule has 0 aliphatic carbocycles. The molecule has 1 aliphatic rings. The van der Waals surface area contributed by atoms with E-state index in [4.69, 9.17) is 11.1 Å². The van der Waals surface area contributed by atoms with Crippen molar-refractivity contribution >= 4 is 23.7 Å². The summed E-state index contributed by atoms with van der Waals surface area (Å²) in [6.07, 6.45) is 3.04. The van der Waals surface area contributed by atoms with Crippen molar-refractivity contribution in [1.82, 2.24) is 10.2 Å². The first kappa shape index (κ1) is 16.7. The highest BCUT2D eigenvalue weighted by molar-refractivity contribution is 6.13. The molecule has 0 bridgehead atoms. The quantitative estimate of drug-likeness (QED) is 0.283. The van der Waals surface area contributed by atoms with Crippen LogP contribution in [0.2, 0.25) is 0 Å². The predicted octanol–water partition coefficient (Wildman–Crippen LogP) is -0.533. The summed E-state index contributed by atoms with van der Waals surface area (Å²) < 4.78 is 0. The van der Waals surface area contributed by atoms with Gasteiger partial charge in [-0.3, -0.25) is 19.9 Å². The summed E-state index contributed by atoms with van der Waals surface area (Å²) in [5, 5.41) is 18.8. The van der Waals surface area contributed by atoms with Crippen molar-refractivity contribution < 1.29 is 19.5 Å². The van der Waals surface area contributed by atoms with Gasteiger partial charge in [0.15, 0.2) is 5.96 Å². The number of nitrogens with one attached hydrogen (secondary N) is 2. The zero-order valence-corrected chi connectivity index (χ0v) is 11.7. The lowest BCUT2D eigenvalue weighted by Crippen LogP contribution is -2.58. The Morgan fingerprint density at radius 2 is 2.00 bits per heavy atom. The smallest absolute Gasteiger partial charge is 0.328 e. The fourth-order valence-electron chi connectivity index (χ4n) is 2.13. The highest BCUT2D eigenvalue weighted by Gasteiger charge is 2.40. The largest absolute Gasteiger partial charge is 0.480 e. The molecule has 1 rings (SSSR count). The molecule has 8 nitrogen and oxygen atoms in total. The summed E-state index contributed by atoms with van der Waals surface area (Å²) in [5.41, 5.74) is 5.19. The van der Waals surface area contributed by atoms with E-state index in [1.165, 1.54) is 0 Å². The molecule has 1 aliphatic heterocycles. The summed E-state index contributed by atoms with van der Waals surface area (Å²) in [6.45, 7) is 5.73. The van der Waals surface area contributed by atoms with Gasteiger partial charge in [-0.15, -0.1) is 0 Å². The number of guanidine groups is 1. The van der Waals surface area contributed by atoms with Gasteiger partial charge in [-0.25, -0.2) is 4.79 Å². The van der Waals surface area contributed by atoms with Gasteiger partial charge in [0.1, 0.15) is 6.04 Å². The molecule has 0 aromatic heterocycles. The molecule has 0 aromatic carbocycles. The second-order valence-electron chi connectivity index (χ2n) is 4.83. The van der Waals surface area contributed by atoms with Gasteiger partial charge >= 0.3 is 5.97 Å². The normalized spacial score (nSPS) is 18.5. The van der Waals surface area contributed by atoms with Crippen LogP contribution in [0.5, 0.6) is 0 Å². The van der Waals surface area contributed by atoms with Gasteiger partial charge in [0.2, 0.25) is 0 Å². The summed E-state index contributed by atoms with van der Waals surface area (Å²) in [5.74, 6) is -3.15. The molecule has 0 saturated carbocycles. The van der Waals surface area contributed by atoms with Crippen molar-refractivity contribution in [3.63, 3.8) is 0 Å². The number of aliphatic carboxylic acids is 1. The van der Waals surface area contributed by atoms with Crippen LogP contribution in [-0.2, 0) is 14.4 Å². The molecule has 3 atom stereocenters. The van der Waals surface area contributed by atoms with Crippen LogP contribution in [0.15, 0.2) is 12.2 Å². The molecule has 1 heterocycles. The Morgan fingerprint density at radius 3 is 2.38 bits per heavy atom. The molecule has 0 spiro atoms. The van der Waals surface area contributed by atoms with Crippen LogP contribution in [0, 0.1) is 18.3 Å². The molecule has 2 amide bonds. The first-order valence-electron chi connectivity index (χ1n) is 6.49. The third-order valence-corrected chi connectivity index (χ3v) is 3.29. The monoisotopic (exact) mass is 295 g/mol. The number of hydrogen-bond acceptors (Lipinski definition) is 4. The number of carboxylic acid groups (broad SMARTS) is 1. The van der Waals surface area contributed by atoms with Crippen molar-refractivity contribution in [2.45, 2.75) is 31.8 Å². The Kier molecular flexibility index (Phi) is 5.45. The van der Waals surface area contributed by atoms with E-state index in [1.807, 2.05) is 6.92 Å². The molecule has 115 valence electrons. The number of nitrogens with two attached hydrogens (primary N) is 1. The fraction of sp³-hybridized carbons (Fsp3) is 0.462. The Hall–Kier alpha value is -2.38. The van der Waals surface area contributed by atoms with Crippen molar-refractivity contribution in [2.24, 2.45) is 11.7 Å². The van der Waals surface area contributed by atoms with E-state index in [-0.39, 0.29) is 12.3 Å². The molecule has 8 heteroatoms. The number of carboxylic acids is 1. The number of amides is 2. The maximum Gasteiger partial charge on any atom is 0.328 e. The molecule has 3 unspecified atom stereocenters. The van der Waals surface area contributed by atoms with Gasteiger partial charge in [0.05, 0.1) is 6.04 Å². The van der Waals surface area contributed by atoms with Gasteiger partial charge in [-0.2, -0.15) is 0 Å². The molecule has 0 fully saturated rings. The van der Waals surface area contributed by atoms with Crippen molar-refractivity contribution in [3.05, 3.63) is 19.1 Å². The second kappa shape index (κ2) is 6.87. The number of imide groups is 1. The van der Waals surface area contributed by atoms with Crippen LogP contribution in [0.4, 0.5) is 0 Å². The minimum absolute atomic E-state index is 0.146. The lowest BCUT2D eigenvalue weighted by molar-refractivity contribution is -0.146. The lowest BCUT2D eigenvalue weighted by Gasteiger charge is -2.33. The number of carbonyl (C=O) groups is 3. The van der Waals surface area contributed by atoms with Crippen LogP contribution in [0.25, 0.3) is 0 Å². The minimum Gasteiger partial charge on any atom is -0.480 e. The van der Waals surface area contributed by atoms with E-state index in [9.17, 15) is 19.5 Å². The molecular formula is C13H19N4O4. The Labute approximate surface area is 122 Å². The molecule has 1 radical (unpaired) electrons. The molecule has 21 heavy (non-hydrogen) atoms. The van der Waals surface area contributed by atoms with Gasteiger partial charge in [-0.05, 0) is 12.3 Å². The topological polar surface area (TPSA) is 137 Å². The highest BCUT2D eigenvalue weighted by atomic mass is 16.4.